The topological polar surface area (TPSA) is 18.5 Å². The first-order chi connectivity index (χ1) is 7.28. The summed E-state index contributed by atoms with van der Waals surface area (Å²) in [4.78, 5) is 1.25. The van der Waals surface area contributed by atoms with E-state index >= 15 is 0 Å². The zero-order valence-corrected chi connectivity index (χ0v) is 9.92. The van der Waals surface area contributed by atoms with Crippen LogP contribution in [-0.2, 0) is 4.74 Å². The standard InChI is InChI=1S/C12H16O2S/c1-9-7-12(14-8-9)15-11-5-3-10(13-2)4-6-11/h3-6,9,12H,7-8H2,1-2H3/t9-,12?/m1/s1. The third-order valence-corrected chi connectivity index (χ3v) is 3.62. The molecular weight excluding hydrogens is 208 g/mol. The molecule has 0 aromatic heterocycles. The molecule has 0 bridgehead atoms. The van der Waals surface area contributed by atoms with Gasteiger partial charge < -0.3 is 9.47 Å². The summed E-state index contributed by atoms with van der Waals surface area (Å²) in [5.74, 6) is 1.60. The number of methoxy groups -OCH3 is 1. The monoisotopic (exact) mass is 224 g/mol. The zero-order valence-electron chi connectivity index (χ0n) is 9.10. The molecule has 1 aliphatic rings. The van der Waals surface area contributed by atoms with Gasteiger partial charge in [0.2, 0.25) is 0 Å². The fraction of sp³-hybridized carbons (Fsp3) is 0.500. The molecular formula is C12H16O2S. The maximum atomic E-state index is 5.66. The van der Waals surface area contributed by atoms with Gasteiger partial charge in [0.05, 0.1) is 13.7 Å². The van der Waals surface area contributed by atoms with E-state index in [0.717, 1.165) is 18.8 Å². The molecule has 0 saturated carbocycles. The largest absolute Gasteiger partial charge is 0.497 e. The molecule has 1 aliphatic heterocycles. The van der Waals surface area contributed by atoms with Crippen LogP contribution in [0.1, 0.15) is 13.3 Å². The SMILES string of the molecule is COc1ccc(SC2C[C@@H](C)CO2)cc1. The second-order valence-corrected chi connectivity index (χ2v) is 5.13. The first kappa shape index (κ1) is 10.8. The van der Waals surface area contributed by atoms with Gasteiger partial charge >= 0.3 is 0 Å². The number of hydrogen-bond donors (Lipinski definition) is 0. The number of benzene rings is 1. The fourth-order valence-electron chi connectivity index (χ4n) is 1.62. The van der Waals surface area contributed by atoms with Crippen molar-refractivity contribution in [2.24, 2.45) is 5.92 Å². The van der Waals surface area contributed by atoms with Crippen LogP contribution in [0.15, 0.2) is 29.2 Å². The minimum absolute atomic E-state index is 0.327. The predicted octanol–water partition coefficient (Wildman–Crippen LogP) is 3.17. The molecule has 0 radical (unpaired) electrons. The number of ether oxygens (including phenoxy) is 2. The van der Waals surface area contributed by atoms with Crippen molar-refractivity contribution in [3.63, 3.8) is 0 Å². The quantitative estimate of drug-likeness (QED) is 0.785. The van der Waals surface area contributed by atoms with Crippen LogP contribution in [-0.4, -0.2) is 19.2 Å². The minimum Gasteiger partial charge on any atom is -0.497 e. The second kappa shape index (κ2) is 4.90. The number of rotatable bonds is 3. The summed E-state index contributed by atoms with van der Waals surface area (Å²) in [6.07, 6.45) is 1.15. The smallest absolute Gasteiger partial charge is 0.118 e. The van der Waals surface area contributed by atoms with Gasteiger partial charge in [-0.05, 0) is 36.6 Å². The van der Waals surface area contributed by atoms with Crippen LogP contribution >= 0.6 is 11.8 Å². The third kappa shape index (κ3) is 2.89. The van der Waals surface area contributed by atoms with E-state index in [2.05, 4.69) is 19.1 Å². The van der Waals surface area contributed by atoms with Crippen molar-refractivity contribution in [1.29, 1.82) is 0 Å². The first-order valence-electron chi connectivity index (χ1n) is 5.20. The summed E-state index contributed by atoms with van der Waals surface area (Å²) < 4.78 is 10.8. The van der Waals surface area contributed by atoms with E-state index in [-0.39, 0.29) is 0 Å². The van der Waals surface area contributed by atoms with Gasteiger partial charge in [-0.2, -0.15) is 0 Å². The van der Waals surface area contributed by atoms with E-state index in [1.54, 1.807) is 18.9 Å². The molecule has 2 rings (SSSR count). The minimum atomic E-state index is 0.327. The van der Waals surface area contributed by atoms with E-state index < -0.39 is 0 Å². The summed E-state index contributed by atoms with van der Waals surface area (Å²) >= 11 is 1.80. The molecule has 1 saturated heterocycles. The van der Waals surface area contributed by atoms with E-state index in [1.807, 2.05) is 12.1 Å². The van der Waals surface area contributed by atoms with Crippen LogP contribution < -0.4 is 4.74 Å². The van der Waals surface area contributed by atoms with Crippen LogP contribution in [0.3, 0.4) is 0 Å². The summed E-state index contributed by atoms with van der Waals surface area (Å²) in [5, 5.41) is 0. The Morgan fingerprint density at radius 1 is 1.33 bits per heavy atom. The van der Waals surface area contributed by atoms with Crippen LogP contribution in [0, 0.1) is 5.92 Å². The Morgan fingerprint density at radius 2 is 2.07 bits per heavy atom. The molecule has 82 valence electrons. The molecule has 1 fully saturated rings. The Morgan fingerprint density at radius 3 is 2.60 bits per heavy atom. The molecule has 1 unspecified atom stereocenters. The normalized spacial score (nSPS) is 25.5. The van der Waals surface area contributed by atoms with Crippen LogP contribution in [0.2, 0.25) is 0 Å². The van der Waals surface area contributed by atoms with Crippen molar-refractivity contribution in [3.8, 4) is 5.75 Å². The summed E-state index contributed by atoms with van der Waals surface area (Å²) in [6, 6.07) is 8.13. The van der Waals surface area contributed by atoms with Crippen molar-refractivity contribution in [3.05, 3.63) is 24.3 Å². The highest BCUT2D eigenvalue weighted by atomic mass is 32.2. The first-order valence-corrected chi connectivity index (χ1v) is 6.08. The van der Waals surface area contributed by atoms with Gasteiger partial charge in [0, 0.05) is 4.90 Å². The maximum Gasteiger partial charge on any atom is 0.118 e. The Labute approximate surface area is 95.0 Å². The van der Waals surface area contributed by atoms with E-state index in [9.17, 15) is 0 Å². The lowest BCUT2D eigenvalue weighted by molar-refractivity contribution is 0.166. The molecule has 1 aromatic carbocycles. The predicted molar refractivity (Wildman–Crippen MR) is 62.4 cm³/mol. The van der Waals surface area contributed by atoms with E-state index in [0.29, 0.717) is 11.4 Å². The molecule has 0 N–H and O–H groups in total. The second-order valence-electron chi connectivity index (χ2n) is 3.90. The molecule has 2 nitrogen and oxygen atoms in total. The highest BCUT2D eigenvalue weighted by Gasteiger charge is 2.22. The molecule has 1 heterocycles. The van der Waals surface area contributed by atoms with Crippen molar-refractivity contribution in [2.45, 2.75) is 23.7 Å². The molecule has 1 aromatic rings. The van der Waals surface area contributed by atoms with Gasteiger partial charge in [0.25, 0.3) is 0 Å². The van der Waals surface area contributed by atoms with Gasteiger partial charge in [-0.25, -0.2) is 0 Å². The zero-order chi connectivity index (χ0) is 10.7. The van der Waals surface area contributed by atoms with Crippen molar-refractivity contribution in [1.82, 2.24) is 0 Å². The van der Waals surface area contributed by atoms with Crippen molar-refractivity contribution < 1.29 is 9.47 Å². The summed E-state index contributed by atoms with van der Waals surface area (Å²) in [6.45, 7) is 3.13. The van der Waals surface area contributed by atoms with Gasteiger partial charge in [0.15, 0.2) is 0 Å². The maximum absolute atomic E-state index is 5.66. The highest BCUT2D eigenvalue weighted by Crippen LogP contribution is 2.33. The van der Waals surface area contributed by atoms with E-state index in [1.165, 1.54) is 4.90 Å². The molecule has 0 amide bonds. The highest BCUT2D eigenvalue weighted by molar-refractivity contribution is 7.99. The lowest BCUT2D eigenvalue weighted by Crippen LogP contribution is -1.97. The van der Waals surface area contributed by atoms with Gasteiger partial charge in [-0.3, -0.25) is 0 Å². The molecule has 2 atom stereocenters. The number of hydrogen-bond acceptors (Lipinski definition) is 3. The average Bonchev–Trinajstić information content (AvgIpc) is 2.65. The molecule has 3 heteroatoms. The molecule has 0 aliphatic carbocycles. The summed E-state index contributed by atoms with van der Waals surface area (Å²) in [7, 11) is 1.68. The fourth-order valence-corrected chi connectivity index (χ4v) is 2.79. The Bertz CT molecular complexity index is 310. The van der Waals surface area contributed by atoms with Crippen LogP contribution in [0.25, 0.3) is 0 Å². The van der Waals surface area contributed by atoms with Crippen LogP contribution in [0.5, 0.6) is 5.75 Å². The Hall–Kier alpha value is -0.670. The average molecular weight is 224 g/mol. The molecule has 0 spiro atoms. The van der Waals surface area contributed by atoms with Gasteiger partial charge in [-0.1, -0.05) is 18.7 Å². The third-order valence-electron chi connectivity index (χ3n) is 2.49. The Balaban J connectivity index is 1.93. The van der Waals surface area contributed by atoms with Crippen LogP contribution in [0.4, 0.5) is 0 Å². The van der Waals surface area contributed by atoms with Crippen molar-refractivity contribution in [2.75, 3.05) is 13.7 Å². The van der Waals surface area contributed by atoms with E-state index in [4.69, 9.17) is 9.47 Å². The lowest BCUT2D eigenvalue weighted by Gasteiger charge is -2.09. The van der Waals surface area contributed by atoms with Crippen molar-refractivity contribution >= 4 is 11.8 Å². The molecule has 15 heavy (non-hydrogen) atoms. The van der Waals surface area contributed by atoms with Gasteiger partial charge in [-0.15, -0.1) is 0 Å². The van der Waals surface area contributed by atoms with Gasteiger partial charge in [0.1, 0.15) is 11.2 Å². The number of thioether (sulfide) groups is 1. The lowest BCUT2D eigenvalue weighted by atomic mass is 10.2. The summed E-state index contributed by atoms with van der Waals surface area (Å²) in [5.41, 5.74) is 0.327. The Kier molecular flexibility index (Phi) is 3.54.